The summed E-state index contributed by atoms with van der Waals surface area (Å²) in [6, 6.07) is 0. The van der Waals surface area contributed by atoms with Gasteiger partial charge in [-0.3, -0.25) is 4.40 Å². The second kappa shape index (κ2) is 3.04. The van der Waals surface area contributed by atoms with E-state index < -0.39 is 5.97 Å². The summed E-state index contributed by atoms with van der Waals surface area (Å²) in [5.74, 6) is -0.980. The number of carbonyl (C=O) groups is 1. The Morgan fingerprint density at radius 2 is 2.53 bits per heavy atom. The number of fused-ring (bicyclic) bond motifs is 3. The highest BCUT2D eigenvalue weighted by Crippen LogP contribution is 2.27. The van der Waals surface area contributed by atoms with E-state index in [4.69, 9.17) is 9.84 Å². The van der Waals surface area contributed by atoms with Crippen LogP contribution in [0.2, 0.25) is 0 Å². The molecule has 1 N–H and O–H groups in total. The molecule has 1 aliphatic rings. The molecule has 1 aliphatic heterocycles. The van der Waals surface area contributed by atoms with E-state index in [9.17, 15) is 4.79 Å². The highest BCUT2D eigenvalue weighted by molar-refractivity contribution is 7.17. The molecule has 5 nitrogen and oxygen atoms in total. The van der Waals surface area contributed by atoms with E-state index >= 15 is 0 Å². The minimum Gasteiger partial charge on any atom is -0.476 e. The first-order valence-electron chi connectivity index (χ1n) is 4.56. The summed E-state index contributed by atoms with van der Waals surface area (Å²) >= 11 is 1.50. The highest BCUT2D eigenvalue weighted by atomic mass is 32.1. The molecule has 2 aromatic heterocycles. The Balaban J connectivity index is 2.21. The van der Waals surface area contributed by atoms with Gasteiger partial charge in [0, 0.05) is 18.3 Å². The Kier molecular flexibility index (Phi) is 1.80. The standard InChI is InChI=1S/C9H8N2O3S/c12-8(13)5-3-11-6-1-2-14-4-7(6)15-9(11)10-5/h3H,1-2,4H2,(H,12,13). The summed E-state index contributed by atoms with van der Waals surface area (Å²) < 4.78 is 7.19. The first kappa shape index (κ1) is 8.87. The lowest BCUT2D eigenvalue weighted by molar-refractivity contribution is 0.0691. The predicted molar refractivity (Wildman–Crippen MR) is 53.4 cm³/mol. The zero-order valence-electron chi connectivity index (χ0n) is 7.77. The maximum Gasteiger partial charge on any atom is 0.356 e. The molecule has 0 fully saturated rings. The number of rotatable bonds is 1. The number of imidazole rings is 1. The summed E-state index contributed by atoms with van der Waals surface area (Å²) in [7, 11) is 0. The van der Waals surface area contributed by atoms with Gasteiger partial charge in [-0.05, 0) is 0 Å². The van der Waals surface area contributed by atoms with Crippen LogP contribution in [0.3, 0.4) is 0 Å². The van der Waals surface area contributed by atoms with E-state index in [0.717, 1.165) is 22.0 Å². The zero-order chi connectivity index (χ0) is 10.4. The van der Waals surface area contributed by atoms with E-state index in [2.05, 4.69) is 4.98 Å². The summed E-state index contributed by atoms with van der Waals surface area (Å²) in [5.41, 5.74) is 1.25. The van der Waals surface area contributed by atoms with Crippen molar-refractivity contribution in [1.82, 2.24) is 9.38 Å². The SMILES string of the molecule is O=C(O)c1cn2c3c(sc2n1)COCC3. The quantitative estimate of drug-likeness (QED) is 0.789. The van der Waals surface area contributed by atoms with Gasteiger partial charge in [-0.2, -0.15) is 0 Å². The third-order valence-corrected chi connectivity index (χ3v) is 3.51. The van der Waals surface area contributed by atoms with Crippen molar-refractivity contribution in [3.05, 3.63) is 22.5 Å². The van der Waals surface area contributed by atoms with Crippen molar-refractivity contribution < 1.29 is 14.6 Å². The normalized spacial score (nSPS) is 15.5. The van der Waals surface area contributed by atoms with Crippen molar-refractivity contribution in [2.24, 2.45) is 0 Å². The van der Waals surface area contributed by atoms with E-state index in [0.29, 0.717) is 13.2 Å². The smallest absolute Gasteiger partial charge is 0.356 e. The average Bonchev–Trinajstić information content (AvgIpc) is 2.73. The Bertz CT molecular complexity index is 543. The number of thiazole rings is 1. The molecule has 15 heavy (non-hydrogen) atoms. The first-order chi connectivity index (χ1) is 7.25. The number of hydrogen-bond acceptors (Lipinski definition) is 4. The van der Waals surface area contributed by atoms with Gasteiger partial charge in [-0.25, -0.2) is 9.78 Å². The average molecular weight is 224 g/mol. The largest absolute Gasteiger partial charge is 0.476 e. The molecule has 0 radical (unpaired) electrons. The molecule has 0 amide bonds. The fourth-order valence-electron chi connectivity index (χ4n) is 1.74. The van der Waals surface area contributed by atoms with Crippen LogP contribution in [-0.4, -0.2) is 27.1 Å². The zero-order valence-corrected chi connectivity index (χ0v) is 8.58. The van der Waals surface area contributed by atoms with Gasteiger partial charge in [0.15, 0.2) is 10.7 Å². The van der Waals surface area contributed by atoms with Crippen LogP contribution in [0.1, 0.15) is 21.1 Å². The van der Waals surface area contributed by atoms with E-state index in [1.54, 1.807) is 6.20 Å². The number of carboxylic acids is 1. The van der Waals surface area contributed by atoms with Crippen molar-refractivity contribution in [1.29, 1.82) is 0 Å². The molecule has 6 heteroatoms. The van der Waals surface area contributed by atoms with Crippen LogP contribution in [0, 0.1) is 0 Å². The molecule has 0 atom stereocenters. The lowest BCUT2D eigenvalue weighted by atomic mass is 10.2. The Hall–Kier alpha value is -1.40. The summed E-state index contributed by atoms with van der Waals surface area (Å²) in [6.07, 6.45) is 2.41. The molecule has 2 aromatic rings. The van der Waals surface area contributed by atoms with Crippen LogP contribution in [0.5, 0.6) is 0 Å². The van der Waals surface area contributed by atoms with E-state index in [-0.39, 0.29) is 5.69 Å². The van der Waals surface area contributed by atoms with Crippen molar-refractivity contribution in [2.75, 3.05) is 6.61 Å². The fraction of sp³-hybridized carbons (Fsp3) is 0.333. The number of nitrogens with zero attached hydrogens (tertiary/aromatic N) is 2. The van der Waals surface area contributed by atoms with Crippen LogP contribution in [-0.2, 0) is 17.8 Å². The number of ether oxygens (including phenoxy) is 1. The van der Waals surface area contributed by atoms with Gasteiger partial charge in [-0.1, -0.05) is 11.3 Å². The van der Waals surface area contributed by atoms with Crippen molar-refractivity contribution in [3.63, 3.8) is 0 Å². The van der Waals surface area contributed by atoms with E-state index in [1.165, 1.54) is 11.3 Å². The molecular weight excluding hydrogens is 216 g/mol. The monoisotopic (exact) mass is 224 g/mol. The minimum absolute atomic E-state index is 0.107. The highest BCUT2D eigenvalue weighted by Gasteiger charge is 2.19. The van der Waals surface area contributed by atoms with Crippen LogP contribution >= 0.6 is 11.3 Å². The minimum atomic E-state index is -0.980. The molecule has 0 aromatic carbocycles. The summed E-state index contributed by atoms with van der Waals surface area (Å²) in [5, 5.41) is 8.81. The molecule has 3 rings (SSSR count). The molecule has 3 heterocycles. The Labute approximate surface area is 88.9 Å². The van der Waals surface area contributed by atoms with Crippen LogP contribution in [0.15, 0.2) is 6.20 Å². The Morgan fingerprint density at radius 3 is 3.33 bits per heavy atom. The van der Waals surface area contributed by atoms with Gasteiger partial charge in [0.1, 0.15) is 0 Å². The van der Waals surface area contributed by atoms with Gasteiger partial charge in [0.05, 0.1) is 18.1 Å². The van der Waals surface area contributed by atoms with Gasteiger partial charge in [-0.15, -0.1) is 0 Å². The van der Waals surface area contributed by atoms with Crippen LogP contribution in [0.4, 0.5) is 0 Å². The summed E-state index contributed by atoms with van der Waals surface area (Å²) in [4.78, 5) is 16.7. The number of hydrogen-bond donors (Lipinski definition) is 1. The molecule has 0 bridgehead atoms. The maximum absolute atomic E-state index is 10.7. The third kappa shape index (κ3) is 1.25. The molecule has 78 valence electrons. The molecule has 0 saturated carbocycles. The Morgan fingerprint density at radius 1 is 1.67 bits per heavy atom. The lowest BCUT2D eigenvalue weighted by Crippen LogP contribution is -2.09. The van der Waals surface area contributed by atoms with E-state index in [1.807, 2.05) is 4.40 Å². The number of carboxylic acid groups (broad SMARTS) is 1. The molecule has 0 unspecified atom stereocenters. The lowest BCUT2D eigenvalue weighted by Gasteiger charge is -2.11. The molecule has 0 aliphatic carbocycles. The van der Waals surface area contributed by atoms with Crippen LogP contribution in [0.25, 0.3) is 4.96 Å². The second-order valence-corrected chi connectivity index (χ2v) is 4.42. The third-order valence-electron chi connectivity index (χ3n) is 2.44. The van der Waals surface area contributed by atoms with Crippen LogP contribution < -0.4 is 0 Å². The topological polar surface area (TPSA) is 63.8 Å². The maximum atomic E-state index is 10.7. The second-order valence-electron chi connectivity index (χ2n) is 3.36. The van der Waals surface area contributed by atoms with Crippen molar-refractivity contribution >= 4 is 22.3 Å². The van der Waals surface area contributed by atoms with Gasteiger partial charge < -0.3 is 9.84 Å². The first-order valence-corrected chi connectivity index (χ1v) is 5.38. The van der Waals surface area contributed by atoms with Crippen molar-refractivity contribution in [2.45, 2.75) is 13.0 Å². The fourth-order valence-corrected chi connectivity index (χ4v) is 2.83. The van der Waals surface area contributed by atoms with Crippen molar-refractivity contribution in [3.8, 4) is 0 Å². The predicted octanol–water partition coefficient (Wildman–Crippen LogP) is 1.17. The molecule has 0 saturated heterocycles. The summed E-state index contributed by atoms with van der Waals surface area (Å²) in [6.45, 7) is 1.31. The number of aromatic carboxylic acids is 1. The number of aromatic nitrogens is 2. The molecular formula is C9H8N2O3S. The molecule has 0 spiro atoms. The van der Waals surface area contributed by atoms with Gasteiger partial charge in [0.2, 0.25) is 0 Å². The van der Waals surface area contributed by atoms with Gasteiger partial charge >= 0.3 is 5.97 Å². The van der Waals surface area contributed by atoms with Gasteiger partial charge in [0.25, 0.3) is 0 Å².